The predicted octanol–water partition coefficient (Wildman–Crippen LogP) is 0.702. The van der Waals surface area contributed by atoms with Crippen molar-refractivity contribution >= 4 is 11.8 Å². The third kappa shape index (κ3) is 5.87. The molecule has 0 aromatic carbocycles. The lowest BCUT2D eigenvalue weighted by Gasteiger charge is -1.87. The van der Waals surface area contributed by atoms with Gasteiger partial charge in [-0.25, -0.2) is 0 Å². The summed E-state index contributed by atoms with van der Waals surface area (Å²) >= 11 is 1.78. The second-order valence-corrected chi connectivity index (χ2v) is 2.37. The van der Waals surface area contributed by atoms with E-state index in [1.165, 1.54) is 0 Å². The Balaban J connectivity index is 2.79. The van der Waals surface area contributed by atoms with E-state index in [1.807, 2.05) is 6.92 Å². The molecule has 0 fully saturated rings. The summed E-state index contributed by atoms with van der Waals surface area (Å²) < 4.78 is 0. The van der Waals surface area contributed by atoms with E-state index in [9.17, 15) is 0 Å². The fraction of sp³-hybridized carbons (Fsp3) is 0.667. The van der Waals surface area contributed by atoms with Crippen molar-refractivity contribution in [1.82, 2.24) is 0 Å². The lowest BCUT2D eigenvalue weighted by molar-refractivity contribution is 1.15. The minimum atomic E-state index is 0.760. The molecule has 46 valence electrons. The van der Waals surface area contributed by atoms with Gasteiger partial charge in [0.15, 0.2) is 0 Å². The standard InChI is InChI=1S/C6H11NS/c1-2-3-5-8-6-4-7/h4-7H2,1H3. The molecule has 2 heteroatoms. The fourth-order valence-electron chi connectivity index (χ4n) is 0.279. The zero-order valence-electron chi connectivity index (χ0n) is 5.11. The molecule has 0 aromatic heterocycles. The van der Waals surface area contributed by atoms with Crippen LogP contribution in [0.2, 0.25) is 0 Å². The first-order valence-electron chi connectivity index (χ1n) is 2.59. The molecular formula is C6H11NS. The molecule has 0 aliphatic rings. The van der Waals surface area contributed by atoms with Crippen LogP contribution in [0.3, 0.4) is 0 Å². The predicted molar refractivity (Wildman–Crippen MR) is 39.8 cm³/mol. The number of hydrogen-bond acceptors (Lipinski definition) is 2. The van der Waals surface area contributed by atoms with Crippen molar-refractivity contribution < 1.29 is 0 Å². The number of nitrogens with two attached hydrogens (primary N) is 1. The van der Waals surface area contributed by atoms with E-state index in [-0.39, 0.29) is 0 Å². The first kappa shape index (κ1) is 7.87. The van der Waals surface area contributed by atoms with Crippen molar-refractivity contribution in [2.45, 2.75) is 6.92 Å². The van der Waals surface area contributed by atoms with Gasteiger partial charge in [-0.05, 0) is 6.92 Å². The quantitative estimate of drug-likeness (QED) is 0.448. The van der Waals surface area contributed by atoms with Crippen LogP contribution in [0.15, 0.2) is 0 Å². The summed E-state index contributed by atoms with van der Waals surface area (Å²) in [6.07, 6.45) is 0. The van der Waals surface area contributed by atoms with Crippen LogP contribution in [-0.2, 0) is 0 Å². The number of rotatable bonds is 3. The van der Waals surface area contributed by atoms with Gasteiger partial charge in [0, 0.05) is 12.3 Å². The maximum atomic E-state index is 5.24. The molecule has 0 aliphatic heterocycles. The van der Waals surface area contributed by atoms with Gasteiger partial charge in [-0.3, -0.25) is 0 Å². The van der Waals surface area contributed by atoms with Crippen LogP contribution >= 0.6 is 11.8 Å². The Morgan fingerprint density at radius 2 is 2.38 bits per heavy atom. The Labute approximate surface area is 55.0 Å². The molecule has 1 nitrogen and oxygen atoms in total. The van der Waals surface area contributed by atoms with Gasteiger partial charge in [-0.1, -0.05) is 5.92 Å². The normalized spacial score (nSPS) is 7.75. The summed E-state index contributed by atoms with van der Waals surface area (Å²) in [6.45, 7) is 2.61. The van der Waals surface area contributed by atoms with Crippen molar-refractivity contribution in [2.75, 3.05) is 18.1 Å². The zero-order valence-corrected chi connectivity index (χ0v) is 5.92. The van der Waals surface area contributed by atoms with Crippen LogP contribution in [-0.4, -0.2) is 18.1 Å². The first-order valence-corrected chi connectivity index (χ1v) is 3.74. The van der Waals surface area contributed by atoms with Gasteiger partial charge in [0.05, 0.1) is 5.75 Å². The summed E-state index contributed by atoms with van der Waals surface area (Å²) in [4.78, 5) is 0. The first-order chi connectivity index (χ1) is 3.91. The van der Waals surface area contributed by atoms with Gasteiger partial charge in [0.2, 0.25) is 0 Å². The molecule has 2 N–H and O–H groups in total. The minimum Gasteiger partial charge on any atom is -0.330 e. The van der Waals surface area contributed by atoms with E-state index < -0.39 is 0 Å². The highest BCUT2D eigenvalue weighted by molar-refractivity contribution is 7.99. The van der Waals surface area contributed by atoms with Crippen LogP contribution < -0.4 is 5.73 Å². The molecule has 0 radical (unpaired) electrons. The highest BCUT2D eigenvalue weighted by Crippen LogP contribution is 1.93. The summed E-state index contributed by atoms with van der Waals surface area (Å²) in [7, 11) is 0. The Bertz CT molecular complexity index is 90.4. The highest BCUT2D eigenvalue weighted by Gasteiger charge is 1.78. The molecular weight excluding hydrogens is 118 g/mol. The van der Waals surface area contributed by atoms with Crippen molar-refractivity contribution in [3.05, 3.63) is 0 Å². The second kappa shape index (κ2) is 6.87. The molecule has 0 saturated carbocycles. The Hall–Kier alpha value is -0.130. The average molecular weight is 129 g/mol. The van der Waals surface area contributed by atoms with E-state index in [4.69, 9.17) is 5.73 Å². The third-order valence-electron chi connectivity index (χ3n) is 0.613. The summed E-state index contributed by atoms with van der Waals surface area (Å²) in [6, 6.07) is 0. The fourth-order valence-corrected chi connectivity index (χ4v) is 0.836. The molecule has 0 saturated heterocycles. The lowest BCUT2D eigenvalue weighted by atomic mass is 10.7. The molecule has 0 aromatic rings. The van der Waals surface area contributed by atoms with Crippen LogP contribution in [0.4, 0.5) is 0 Å². The van der Waals surface area contributed by atoms with Gasteiger partial charge in [-0.2, -0.15) is 0 Å². The van der Waals surface area contributed by atoms with Gasteiger partial charge in [0.1, 0.15) is 0 Å². The average Bonchev–Trinajstić information content (AvgIpc) is 1.81. The largest absolute Gasteiger partial charge is 0.330 e. The van der Waals surface area contributed by atoms with E-state index in [0.717, 1.165) is 18.1 Å². The number of thioether (sulfide) groups is 1. The lowest BCUT2D eigenvalue weighted by Crippen LogP contribution is -2.01. The maximum absolute atomic E-state index is 5.24. The molecule has 0 bridgehead atoms. The van der Waals surface area contributed by atoms with Crippen molar-refractivity contribution in [3.8, 4) is 11.8 Å². The van der Waals surface area contributed by atoms with E-state index in [0.29, 0.717) is 0 Å². The molecule has 0 rings (SSSR count). The van der Waals surface area contributed by atoms with E-state index in [2.05, 4.69) is 11.8 Å². The minimum absolute atomic E-state index is 0.760. The summed E-state index contributed by atoms with van der Waals surface area (Å²) in [5.41, 5.74) is 5.24. The maximum Gasteiger partial charge on any atom is 0.0547 e. The summed E-state index contributed by atoms with van der Waals surface area (Å²) in [5, 5.41) is 0. The van der Waals surface area contributed by atoms with Gasteiger partial charge < -0.3 is 5.73 Å². The number of hydrogen-bond donors (Lipinski definition) is 1. The van der Waals surface area contributed by atoms with E-state index in [1.54, 1.807) is 11.8 Å². The Morgan fingerprint density at radius 1 is 1.62 bits per heavy atom. The van der Waals surface area contributed by atoms with E-state index >= 15 is 0 Å². The van der Waals surface area contributed by atoms with Crippen molar-refractivity contribution in [1.29, 1.82) is 0 Å². The molecule has 0 spiro atoms. The second-order valence-electron chi connectivity index (χ2n) is 1.27. The third-order valence-corrected chi connectivity index (χ3v) is 1.49. The van der Waals surface area contributed by atoms with Crippen LogP contribution in [0.1, 0.15) is 6.92 Å². The molecule has 8 heavy (non-hydrogen) atoms. The Kier molecular flexibility index (Phi) is 6.76. The van der Waals surface area contributed by atoms with Crippen LogP contribution in [0, 0.1) is 11.8 Å². The molecule has 0 amide bonds. The van der Waals surface area contributed by atoms with Crippen molar-refractivity contribution in [2.24, 2.45) is 5.73 Å². The summed E-state index contributed by atoms with van der Waals surface area (Å²) in [5.74, 6) is 7.70. The Morgan fingerprint density at radius 3 is 2.88 bits per heavy atom. The molecule has 0 unspecified atom stereocenters. The van der Waals surface area contributed by atoms with Gasteiger partial charge in [0.25, 0.3) is 0 Å². The molecule has 0 aliphatic carbocycles. The monoisotopic (exact) mass is 129 g/mol. The SMILES string of the molecule is CC#CCSCCN. The highest BCUT2D eigenvalue weighted by atomic mass is 32.2. The molecule has 0 atom stereocenters. The topological polar surface area (TPSA) is 26.0 Å². The smallest absolute Gasteiger partial charge is 0.0547 e. The van der Waals surface area contributed by atoms with Gasteiger partial charge in [-0.15, -0.1) is 17.7 Å². The van der Waals surface area contributed by atoms with Crippen LogP contribution in [0.5, 0.6) is 0 Å². The van der Waals surface area contributed by atoms with Gasteiger partial charge >= 0.3 is 0 Å². The molecule has 0 heterocycles. The van der Waals surface area contributed by atoms with Crippen LogP contribution in [0.25, 0.3) is 0 Å². The zero-order chi connectivity index (χ0) is 6.24. The van der Waals surface area contributed by atoms with Crippen molar-refractivity contribution in [3.63, 3.8) is 0 Å².